The molecule has 0 unspecified atom stereocenters. The van der Waals surface area contributed by atoms with Crippen molar-refractivity contribution in [2.24, 2.45) is 0 Å². The molecule has 8 heteroatoms. The van der Waals surface area contributed by atoms with Gasteiger partial charge in [0, 0.05) is 24.9 Å². The zero-order chi connectivity index (χ0) is 20.3. The van der Waals surface area contributed by atoms with Gasteiger partial charge in [-0.3, -0.25) is 4.79 Å². The number of halogens is 3. The number of piperidine rings is 1. The molecule has 3 rings (SSSR count). The van der Waals surface area contributed by atoms with Gasteiger partial charge in [0.15, 0.2) is 0 Å². The van der Waals surface area contributed by atoms with Crippen molar-refractivity contribution in [1.29, 1.82) is 0 Å². The first kappa shape index (κ1) is 20.4. The van der Waals surface area contributed by atoms with E-state index in [0.29, 0.717) is 17.9 Å². The lowest BCUT2D eigenvalue weighted by Gasteiger charge is -2.39. The van der Waals surface area contributed by atoms with Crippen molar-refractivity contribution < 1.29 is 22.4 Å². The average molecular weight is 395 g/mol. The second kappa shape index (κ2) is 8.32. The van der Waals surface area contributed by atoms with Gasteiger partial charge in [-0.2, -0.15) is 13.2 Å². The van der Waals surface area contributed by atoms with Gasteiger partial charge in [-0.05, 0) is 44.7 Å². The Labute approximate surface area is 161 Å². The second-order valence-corrected chi connectivity index (χ2v) is 7.39. The summed E-state index contributed by atoms with van der Waals surface area (Å²) < 4.78 is 44.0. The van der Waals surface area contributed by atoms with Crippen molar-refractivity contribution in [2.45, 2.75) is 70.6 Å². The van der Waals surface area contributed by atoms with E-state index in [2.05, 4.69) is 24.0 Å². The van der Waals surface area contributed by atoms with Crippen LogP contribution in [0.5, 0.6) is 0 Å². The van der Waals surface area contributed by atoms with Crippen LogP contribution < -0.4 is 0 Å². The van der Waals surface area contributed by atoms with Crippen molar-refractivity contribution in [1.82, 2.24) is 15.1 Å². The first-order valence-corrected chi connectivity index (χ1v) is 9.52. The number of rotatable bonds is 5. The molecular formula is C20H24F3N3O2. The summed E-state index contributed by atoms with van der Waals surface area (Å²) in [6, 6.07) is 5.51. The molecule has 0 bridgehead atoms. The number of carbonyl (C=O) groups excluding carboxylic acids is 1. The van der Waals surface area contributed by atoms with Crippen LogP contribution in [0.1, 0.15) is 62.4 Å². The molecule has 0 aliphatic carbocycles. The summed E-state index contributed by atoms with van der Waals surface area (Å²) in [6.07, 6.45) is -0.515. The van der Waals surface area contributed by atoms with Crippen LogP contribution in [-0.4, -0.2) is 33.1 Å². The Morgan fingerprint density at radius 3 is 2.54 bits per heavy atom. The molecule has 1 saturated heterocycles. The predicted octanol–water partition coefficient (Wildman–Crippen LogP) is 4.40. The van der Waals surface area contributed by atoms with Crippen molar-refractivity contribution in [3.63, 3.8) is 0 Å². The third-order valence-electron chi connectivity index (χ3n) is 5.15. The fourth-order valence-electron chi connectivity index (χ4n) is 3.75. The summed E-state index contributed by atoms with van der Waals surface area (Å²) in [5.41, 5.74) is -0.267. The molecule has 1 aromatic carbocycles. The van der Waals surface area contributed by atoms with Gasteiger partial charge in [-0.15, -0.1) is 10.2 Å². The van der Waals surface area contributed by atoms with E-state index >= 15 is 0 Å². The van der Waals surface area contributed by atoms with Gasteiger partial charge in [0.25, 0.3) is 0 Å². The summed E-state index contributed by atoms with van der Waals surface area (Å²) in [5, 5.41) is 7.83. The lowest BCUT2D eigenvalue weighted by molar-refractivity contribution is -0.138. The minimum atomic E-state index is -4.39. The van der Waals surface area contributed by atoms with Gasteiger partial charge < -0.3 is 9.32 Å². The van der Waals surface area contributed by atoms with Crippen LogP contribution in [0.4, 0.5) is 13.2 Å². The monoisotopic (exact) mass is 395 g/mol. The molecule has 0 N–H and O–H groups in total. The van der Waals surface area contributed by atoms with Crippen LogP contribution in [0.15, 0.2) is 28.7 Å². The number of alkyl halides is 3. The summed E-state index contributed by atoms with van der Waals surface area (Å²) >= 11 is 0. The number of aryl methyl sites for hydroxylation is 1. The Morgan fingerprint density at radius 1 is 1.18 bits per heavy atom. The molecule has 152 valence electrons. The molecule has 2 heterocycles. The van der Waals surface area contributed by atoms with E-state index in [1.807, 2.05) is 4.90 Å². The topological polar surface area (TPSA) is 59.2 Å². The van der Waals surface area contributed by atoms with Crippen LogP contribution >= 0.6 is 0 Å². The third-order valence-corrected chi connectivity index (χ3v) is 5.15. The molecule has 2 atom stereocenters. The quantitative estimate of drug-likeness (QED) is 0.753. The average Bonchev–Trinajstić information content (AvgIpc) is 3.07. The molecule has 1 fully saturated rings. The van der Waals surface area contributed by atoms with Gasteiger partial charge in [-0.25, -0.2) is 0 Å². The number of hydrogen-bond donors (Lipinski definition) is 0. The summed E-state index contributed by atoms with van der Waals surface area (Å²) in [5.74, 6) is 0.631. The Balaban J connectivity index is 1.58. The number of benzene rings is 1. The van der Waals surface area contributed by atoms with Gasteiger partial charge in [0.05, 0.1) is 12.0 Å². The molecule has 28 heavy (non-hydrogen) atoms. The van der Waals surface area contributed by atoms with Gasteiger partial charge in [-0.1, -0.05) is 18.2 Å². The van der Waals surface area contributed by atoms with Crippen LogP contribution in [-0.2, 0) is 23.8 Å². The van der Waals surface area contributed by atoms with E-state index < -0.39 is 11.7 Å². The van der Waals surface area contributed by atoms with Crippen LogP contribution in [0.25, 0.3) is 0 Å². The number of nitrogens with zero attached hydrogens (tertiary/aromatic N) is 3. The van der Waals surface area contributed by atoms with Crippen LogP contribution in [0, 0.1) is 0 Å². The highest BCUT2D eigenvalue weighted by Gasteiger charge is 2.31. The smallest absolute Gasteiger partial charge is 0.416 e. The van der Waals surface area contributed by atoms with E-state index in [4.69, 9.17) is 4.42 Å². The molecule has 0 radical (unpaired) electrons. The normalized spacial score (nSPS) is 20.4. The van der Waals surface area contributed by atoms with Crippen molar-refractivity contribution in [3.05, 3.63) is 47.2 Å². The lowest BCUT2D eigenvalue weighted by atomic mass is 9.97. The van der Waals surface area contributed by atoms with E-state index in [-0.39, 0.29) is 36.7 Å². The highest BCUT2D eigenvalue weighted by molar-refractivity contribution is 5.77. The zero-order valence-corrected chi connectivity index (χ0v) is 16.0. The SMILES string of the molecule is C[C@@H]1CCC[C@H](C)N1C(=O)CCc1nnc(Cc2cccc(C(F)(F)F)c2)o1. The van der Waals surface area contributed by atoms with E-state index in [1.54, 1.807) is 6.07 Å². The molecule has 0 spiro atoms. The first-order valence-electron chi connectivity index (χ1n) is 9.52. The third kappa shape index (κ3) is 4.91. The fraction of sp³-hybridized carbons (Fsp3) is 0.550. The Hall–Kier alpha value is -2.38. The lowest BCUT2D eigenvalue weighted by Crippen LogP contribution is -2.47. The van der Waals surface area contributed by atoms with Gasteiger partial charge in [0.2, 0.25) is 17.7 Å². The van der Waals surface area contributed by atoms with Crippen LogP contribution in [0.3, 0.4) is 0 Å². The minimum Gasteiger partial charge on any atom is -0.425 e. The zero-order valence-electron chi connectivity index (χ0n) is 16.0. The molecule has 1 aliphatic heterocycles. The number of aromatic nitrogens is 2. The number of hydrogen-bond acceptors (Lipinski definition) is 4. The molecule has 1 amide bonds. The predicted molar refractivity (Wildman–Crippen MR) is 96.5 cm³/mol. The molecule has 0 saturated carbocycles. The maximum atomic E-state index is 12.8. The molecule has 1 aromatic heterocycles. The second-order valence-electron chi connectivity index (χ2n) is 7.39. The van der Waals surface area contributed by atoms with Crippen LogP contribution in [0.2, 0.25) is 0 Å². The standard InChI is InChI=1S/C20H24F3N3O2/c1-13-5-3-6-14(2)26(13)19(27)10-9-17-24-25-18(28-17)12-15-7-4-8-16(11-15)20(21,22)23/h4,7-8,11,13-14H,3,5-6,9-10,12H2,1-2H3/t13-,14+. The molecule has 1 aliphatic rings. The van der Waals surface area contributed by atoms with Crippen molar-refractivity contribution in [2.75, 3.05) is 0 Å². The van der Waals surface area contributed by atoms with E-state index in [0.717, 1.165) is 31.4 Å². The van der Waals surface area contributed by atoms with Gasteiger partial charge in [0.1, 0.15) is 0 Å². The van der Waals surface area contributed by atoms with Gasteiger partial charge >= 0.3 is 6.18 Å². The Morgan fingerprint density at radius 2 is 1.86 bits per heavy atom. The molecule has 5 nitrogen and oxygen atoms in total. The summed E-state index contributed by atoms with van der Waals surface area (Å²) in [6.45, 7) is 4.13. The summed E-state index contributed by atoms with van der Waals surface area (Å²) in [7, 11) is 0. The Bertz CT molecular complexity index is 809. The number of carbonyl (C=O) groups is 1. The highest BCUT2D eigenvalue weighted by Crippen LogP contribution is 2.30. The maximum absolute atomic E-state index is 12.8. The largest absolute Gasteiger partial charge is 0.425 e. The molecular weight excluding hydrogens is 371 g/mol. The van der Waals surface area contributed by atoms with Crippen molar-refractivity contribution >= 4 is 5.91 Å². The number of amides is 1. The minimum absolute atomic E-state index is 0.0670. The molecule has 2 aromatic rings. The Kier molecular flexibility index (Phi) is 6.05. The van der Waals surface area contributed by atoms with Crippen molar-refractivity contribution in [3.8, 4) is 0 Å². The first-order chi connectivity index (χ1) is 13.2. The van der Waals surface area contributed by atoms with E-state index in [9.17, 15) is 18.0 Å². The fourth-order valence-corrected chi connectivity index (χ4v) is 3.75. The number of likely N-dealkylation sites (tertiary alicyclic amines) is 1. The summed E-state index contributed by atoms with van der Waals surface area (Å²) in [4.78, 5) is 14.5. The highest BCUT2D eigenvalue weighted by atomic mass is 19.4. The van der Waals surface area contributed by atoms with E-state index in [1.165, 1.54) is 6.07 Å². The maximum Gasteiger partial charge on any atom is 0.416 e.